The van der Waals surface area contributed by atoms with Gasteiger partial charge in [-0.25, -0.2) is 0 Å². The number of methoxy groups -OCH3 is 4. The lowest BCUT2D eigenvalue weighted by Gasteiger charge is -2.37. The Labute approximate surface area is 219 Å². The van der Waals surface area contributed by atoms with E-state index in [1.165, 1.54) is 11.1 Å². The zero-order chi connectivity index (χ0) is 26.4. The van der Waals surface area contributed by atoms with Crippen LogP contribution < -0.4 is 24.3 Å². The first-order chi connectivity index (χ1) is 17.9. The molecule has 0 aromatic heterocycles. The summed E-state index contributed by atoms with van der Waals surface area (Å²) in [7, 11) is 6.57. The van der Waals surface area contributed by atoms with Crippen LogP contribution in [0.3, 0.4) is 0 Å². The van der Waals surface area contributed by atoms with E-state index in [1.807, 2.05) is 30.3 Å². The Morgan fingerprint density at radius 3 is 2.27 bits per heavy atom. The van der Waals surface area contributed by atoms with Gasteiger partial charge in [0, 0.05) is 19.1 Å². The van der Waals surface area contributed by atoms with E-state index in [1.54, 1.807) is 28.4 Å². The molecule has 0 radical (unpaired) electrons. The van der Waals surface area contributed by atoms with Gasteiger partial charge < -0.3 is 24.3 Å². The monoisotopic (exact) mass is 504 g/mol. The third-order valence-electron chi connectivity index (χ3n) is 6.91. The van der Waals surface area contributed by atoms with Crippen LogP contribution in [-0.4, -0.2) is 52.3 Å². The number of benzene rings is 3. The number of nitrogens with zero attached hydrogens (tertiary/aromatic N) is 1. The van der Waals surface area contributed by atoms with Gasteiger partial charge in [-0.2, -0.15) is 0 Å². The minimum absolute atomic E-state index is 0.00254. The number of aryl methyl sites for hydroxylation is 1. The number of rotatable bonds is 10. The molecule has 37 heavy (non-hydrogen) atoms. The van der Waals surface area contributed by atoms with E-state index in [4.69, 9.17) is 18.9 Å². The summed E-state index contributed by atoms with van der Waals surface area (Å²) in [6.45, 7) is 3.63. The average molecular weight is 505 g/mol. The first kappa shape index (κ1) is 26.4. The molecule has 0 saturated carbocycles. The van der Waals surface area contributed by atoms with Crippen molar-refractivity contribution in [1.29, 1.82) is 0 Å². The Kier molecular flexibility index (Phi) is 8.56. The predicted molar refractivity (Wildman–Crippen MR) is 144 cm³/mol. The topological polar surface area (TPSA) is 69.3 Å². The molecule has 1 unspecified atom stereocenters. The van der Waals surface area contributed by atoms with E-state index in [0.29, 0.717) is 36.8 Å². The maximum Gasteiger partial charge on any atom is 0.234 e. The number of carbonyl (C=O) groups excluding carboxylic acids is 1. The summed E-state index contributed by atoms with van der Waals surface area (Å²) in [5.41, 5.74) is 5.72. The van der Waals surface area contributed by atoms with E-state index in [2.05, 4.69) is 41.4 Å². The van der Waals surface area contributed by atoms with Gasteiger partial charge in [-0.15, -0.1) is 0 Å². The smallest absolute Gasteiger partial charge is 0.234 e. The van der Waals surface area contributed by atoms with Gasteiger partial charge in [0.05, 0.1) is 35.0 Å². The van der Waals surface area contributed by atoms with E-state index in [-0.39, 0.29) is 11.9 Å². The molecule has 0 spiro atoms. The molecule has 0 saturated heterocycles. The van der Waals surface area contributed by atoms with Crippen molar-refractivity contribution in [3.8, 4) is 23.0 Å². The van der Waals surface area contributed by atoms with Crippen LogP contribution in [0.4, 0.5) is 0 Å². The number of fused-ring (bicyclic) bond motifs is 1. The first-order valence-corrected chi connectivity index (χ1v) is 12.5. The van der Waals surface area contributed by atoms with E-state index in [0.717, 1.165) is 35.4 Å². The van der Waals surface area contributed by atoms with Gasteiger partial charge >= 0.3 is 0 Å². The van der Waals surface area contributed by atoms with E-state index >= 15 is 0 Å². The Morgan fingerprint density at radius 2 is 1.57 bits per heavy atom. The summed E-state index contributed by atoms with van der Waals surface area (Å²) in [5, 5.41) is 3.09. The molecule has 0 bridgehead atoms. The summed E-state index contributed by atoms with van der Waals surface area (Å²) < 4.78 is 22.1. The molecule has 1 amide bonds. The average Bonchev–Trinajstić information content (AvgIpc) is 2.92. The Bertz CT molecular complexity index is 1240. The second kappa shape index (κ2) is 12.0. The zero-order valence-electron chi connectivity index (χ0n) is 22.3. The van der Waals surface area contributed by atoms with Crippen molar-refractivity contribution >= 4 is 5.91 Å². The predicted octanol–water partition coefficient (Wildman–Crippen LogP) is 4.49. The minimum Gasteiger partial charge on any atom is -0.493 e. The van der Waals surface area contributed by atoms with Crippen molar-refractivity contribution in [2.24, 2.45) is 0 Å². The van der Waals surface area contributed by atoms with Crippen LogP contribution in [0.1, 0.15) is 33.9 Å². The SMILES string of the molecule is COc1ccc(CC2c3cc(OC)c(OC)cc3CCN2CC(=O)NCc2cccc(C)c2)cc1OC. The third kappa shape index (κ3) is 6.17. The van der Waals surface area contributed by atoms with Crippen LogP contribution >= 0.6 is 0 Å². The van der Waals surface area contributed by atoms with Gasteiger partial charge in [-0.1, -0.05) is 35.9 Å². The van der Waals surface area contributed by atoms with Crippen LogP contribution in [0.2, 0.25) is 0 Å². The molecule has 4 rings (SSSR count). The quantitative estimate of drug-likeness (QED) is 0.439. The fraction of sp³-hybridized carbons (Fsp3) is 0.367. The third-order valence-corrected chi connectivity index (χ3v) is 6.91. The Hall–Kier alpha value is -3.71. The standard InChI is InChI=1S/C30H36N2O5/c1-20-7-6-8-22(13-20)18-31-30(33)19-32-12-11-23-16-28(36-4)29(37-5)17-24(23)25(32)14-21-9-10-26(34-2)27(15-21)35-3/h6-10,13,15-17,25H,11-12,14,18-19H2,1-5H3,(H,31,33). The summed E-state index contributed by atoms with van der Waals surface area (Å²) in [6, 6.07) is 18.3. The first-order valence-electron chi connectivity index (χ1n) is 12.5. The van der Waals surface area contributed by atoms with Gasteiger partial charge in [-0.3, -0.25) is 9.69 Å². The van der Waals surface area contributed by atoms with Crippen LogP contribution in [0.5, 0.6) is 23.0 Å². The highest BCUT2D eigenvalue weighted by molar-refractivity contribution is 5.78. The number of hydrogen-bond donors (Lipinski definition) is 1. The Morgan fingerprint density at radius 1 is 0.865 bits per heavy atom. The van der Waals surface area contributed by atoms with Crippen LogP contribution in [-0.2, 0) is 24.2 Å². The summed E-state index contributed by atoms with van der Waals surface area (Å²) >= 11 is 0. The molecule has 1 aliphatic heterocycles. The number of amides is 1. The summed E-state index contributed by atoms with van der Waals surface area (Å²) in [4.78, 5) is 15.3. The fourth-order valence-corrected chi connectivity index (χ4v) is 5.00. The molecule has 7 heteroatoms. The van der Waals surface area contributed by atoms with Gasteiger partial charge in [-0.05, 0) is 66.3 Å². The highest BCUT2D eigenvalue weighted by Crippen LogP contribution is 2.40. The van der Waals surface area contributed by atoms with Gasteiger partial charge in [0.15, 0.2) is 23.0 Å². The zero-order valence-corrected chi connectivity index (χ0v) is 22.3. The second-order valence-corrected chi connectivity index (χ2v) is 9.30. The maximum atomic E-state index is 13.1. The van der Waals surface area contributed by atoms with Gasteiger partial charge in [0.25, 0.3) is 0 Å². The minimum atomic E-state index is -0.0219. The van der Waals surface area contributed by atoms with Crippen molar-refractivity contribution in [3.63, 3.8) is 0 Å². The van der Waals surface area contributed by atoms with Crippen molar-refractivity contribution in [1.82, 2.24) is 10.2 Å². The van der Waals surface area contributed by atoms with Crippen molar-refractivity contribution in [3.05, 3.63) is 82.4 Å². The molecule has 1 N–H and O–H groups in total. The lowest BCUT2D eigenvalue weighted by atomic mass is 9.88. The van der Waals surface area contributed by atoms with Crippen molar-refractivity contribution in [2.75, 3.05) is 41.5 Å². The largest absolute Gasteiger partial charge is 0.493 e. The van der Waals surface area contributed by atoms with E-state index in [9.17, 15) is 4.79 Å². The summed E-state index contributed by atoms with van der Waals surface area (Å²) in [6.07, 6.45) is 1.53. The molecule has 3 aromatic carbocycles. The molecular weight excluding hydrogens is 468 g/mol. The van der Waals surface area contributed by atoms with Crippen LogP contribution in [0, 0.1) is 6.92 Å². The van der Waals surface area contributed by atoms with Crippen LogP contribution in [0.25, 0.3) is 0 Å². The molecule has 3 aromatic rings. The van der Waals surface area contributed by atoms with Gasteiger partial charge in [0.2, 0.25) is 5.91 Å². The summed E-state index contributed by atoms with van der Waals surface area (Å²) in [5.74, 6) is 2.78. The molecule has 196 valence electrons. The lowest BCUT2D eigenvalue weighted by molar-refractivity contribution is -0.123. The Balaban J connectivity index is 1.60. The molecule has 1 atom stereocenters. The van der Waals surface area contributed by atoms with Crippen LogP contribution in [0.15, 0.2) is 54.6 Å². The molecule has 0 aliphatic carbocycles. The van der Waals surface area contributed by atoms with Gasteiger partial charge in [0.1, 0.15) is 0 Å². The van der Waals surface area contributed by atoms with Crippen molar-refractivity contribution in [2.45, 2.75) is 32.4 Å². The molecular formula is C30H36N2O5. The number of ether oxygens (including phenoxy) is 4. The highest BCUT2D eigenvalue weighted by Gasteiger charge is 2.30. The van der Waals surface area contributed by atoms with Crippen molar-refractivity contribution < 1.29 is 23.7 Å². The lowest BCUT2D eigenvalue weighted by Crippen LogP contribution is -2.43. The molecule has 0 fully saturated rings. The number of nitrogens with one attached hydrogen (secondary N) is 1. The number of hydrogen-bond acceptors (Lipinski definition) is 6. The number of carbonyl (C=O) groups is 1. The maximum absolute atomic E-state index is 13.1. The van der Waals surface area contributed by atoms with E-state index < -0.39 is 0 Å². The molecule has 1 heterocycles. The second-order valence-electron chi connectivity index (χ2n) is 9.30. The highest BCUT2D eigenvalue weighted by atomic mass is 16.5. The molecule has 7 nitrogen and oxygen atoms in total. The fourth-order valence-electron chi connectivity index (χ4n) is 5.00. The normalized spacial score (nSPS) is 15.0. The molecule has 1 aliphatic rings.